The lowest BCUT2D eigenvalue weighted by atomic mass is 10.0. The van der Waals surface area contributed by atoms with Gasteiger partial charge in [-0.1, -0.05) is 24.3 Å². The van der Waals surface area contributed by atoms with E-state index in [1.165, 1.54) is 11.1 Å². The fraction of sp³-hybridized carbons (Fsp3) is 0.571. The zero-order chi connectivity index (χ0) is 19.9. The van der Waals surface area contributed by atoms with E-state index in [1.807, 2.05) is 18.5 Å². The molecule has 0 amide bonds. The number of piperidine rings is 1. The number of rotatable bonds is 6. The molecule has 1 aromatic carbocycles. The SMILES string of the molecule is CCNC(=NCc1nnc(C)n1C)NC1CCN(Cc2ccccc2C)CC1.I. The second-order valence-corrected chi connectivity index (χ2v) is 7.54. The van der Waals surface area contributed by atoms with Crippen molar-refractivity contribution in [2.24, 2.45) is 12.0 Å². The van der Waals surface area contributed by atoms with E-state index in [1.54, 1.807) is 0 Å². The van der Waals surface area contributed by atoms with Gasteiger partial charge in [0.2, 0.25) is 0 Å². The lowest BCUT2D eigenvalue weighted by Crippen LogP contribution is -2.48. The zero-order valence-corrected chi connectivity index (χ0v) is 20.3. The Morgan fingerprint density at radius 1 is 1.17 bits per heavy atom. The first-order chi connectivity index (χ1) is 13.6. The summed E-state index contributed by atoms with van der Waals surface area (Å²) in [5.74, 6) is 2.65. The maximum atomic E-state index is 4.71. The Kier molecular flexibility index (Phi) is 9.35. The van der Waals surface area contributed by atoms with Gasteiger partial charge >= 0.3 is 0 Å². The van der Waals surface area contributed by atoms with Crippen LogP contribution in [0.2, 0.25) is 0 Å². The van der Waals surface area contributed by atoms with Crippen molar-refractivity contribution in [1.82, 2.24) is 30.3 Å². The first kappa shape index (κ1) is 23.6. The smallest absolute Gasteiger partial charge is 0.191 e. The Balaban J connectivity index is 0.00000300. The van der Waals surface area contributed by atoms with Gasteiger partial charge in [0.15, 0.2) is 11.8 Å². The van der Waals surface area contributed by atoms with Crippen molar-refractivity contribution < 1.29 is 0 Å². The van der Waals surface area contributed by atoms with Gasteiger partial charge in [0.25, 0.3) is 0 Å². The highest BCUT2D eigenvalue weighted by Gasteiger charge is 2.20. The van der Waals surface area contributed by atoms with E-state index in [0.717, 1.165) is 56.6 Å². The molecule has 0 atom stereocenters. The number of guanidine groups is 1. The fourth-order valence-electron chi connectivity index (χ4n) is 3.52. The second-order valence-electron chi connectivity index (χ2n) is 7.54. The molecule has 1 aliphatic heterocycles. The number of nitrogens with one attached hydrogen (secondary N) is 2. The lowest BCUT2D eigenvalue weighted by Gasteiger charge is -2.33. The molecule has 0 unspecified atom stereocenters. The Morgan fingerprint density at radius 2 is 1.90 bits per heavy atom. The molecule has 3 rings (SSSR count). The van der Waals surface area contributed by atoms with Gasteiger partial charge in [-0.3, -0.25) is 4.90 Å². The monoisotopic (exact) mass is 511 g/mol. The molecule has 7 nitrogen and oxygen atoms in total. The van der Waals surface area contributed by atoms with Crippen LogP contribution in [0, 0.1) is 13.8 Å². The summed E-state index contributed by atoms with van der Waals surface area (Å²) in [6.07, 6.45) is 2.25. The van der Waals surface area contributed by atoms with Crippen LogP contribution in [0.5, 0.6) is 0 Å². The van der Waals surface area contributed by atoms with Crippen molar-refractivity contribution in [2.45, 2.75) is 52.7 Å². The van der Waals surface area contributed by atoms with E-state index in [4.69, 9.17) is 4.99 Å². The Hall–Kier alpha value is -1.68. The summed E-state index contributed by atoms with van der Waals surface area (Å²) in [6, 6.07) is 9.13. The van der Waals surface area contributed by atoms with Crippen molar-refractivity contribution in [3.05, 3.63) is 47.0 Å². The summed E-state index contributed by atoms with van der Waals surface area (Å²) < 4.78 is 1.98. The molecular formula is C21H34IN7. The van der Waals surface area contributed by atoms with E-state index in [-0.39, 0.29) is 24.0 Å². The lowest BCUT2D eigenvalue weighted by molar-refractivity contribution is 0.198. The van der Waals surface area contributed by atoms with E-state index < -0.39 is 0 Å². The van der Waals surface area contributed by atoms with Crippen molar-refractivity contribution >= 4 is 29.9 Å². The van der Waals surface area contributed by atoms with Crippen LogP contribution in [0.15, 0.2) is 29.3 Å². The molecule has 8 heteroatoms. The molecule has 1 saturated heterocycles. The minimum Gasteiger partial charge on any atom is -0.357 e. The molecule has 1 aliphatic rings. The van der Waals surface area contributed by atoms with E-state index in [0.29, 0.717) is 12.6 Å². The average Bonchev–Trinajstić information content (AvgIpc) is 3.01. The first-order valence-electron chi connectivity index (χ1n) is 10.2. The maximum Gasteiger partial charge on any atom is 0.191 e. The molecule has 0 spiro atoms. The van der Waals surface area contributed by atoms with Crippen LogP contribution >= 0.6 is 24.0 Å². The summed E-state index contributed by atoms with van der Waals surface area (Å²) in [5.41, 5.74) is 2.81. The van der Waals surface area contributed by atoms with Gasteiger partial charge in [0, 0.05) is 39.3 Å². The van der Waals surface area contributed by atoms with Crippen molar-refractivity contribution in [3.63, 3.8) is 0 Å². The van der Waals surface area contributed by atoms with Crippen LogP contribution < -0.4 is 10.6 Å². The number of aromatic nitrogens is 3. The van der Waals surface area contributed by atoms with Gasteiger partial charge in [-0.25, -0.2) is 4.99 Å². The summed E-state index contributed by atoms with van der Waals surface area (Å²) in [6.45, 7) is 10.9. The molecule has 1 aromatic heterocycles. The zero-order valence-electron chi connectivity index (χ0n) is 18.0. The van der Waals surface area contributed by atoms with Gasteiger partial charge in [-0.2, -0.15) is 0 Å². The molecule has 0 bridgehead atoms. The molecular weight excluding hydrogens is 477 g/mol. The maximum absolute atomic E-state index is 4.71. The fourth-order valence-corrected chi connectivity index (χ4v) is 3.52. The molecule has 0 radical (unpaired) electrons. The predicted octanol–water partition coefficient (Wildman–Crippen LogP) is 2.77. The summed E-state index contributed by atoms with van der Waals surface area (Å²) in [5, 5.41) is 15.3. The predicted molar refractivity (Wildman–Crippen MR) is 129 cm³/mol. The van der Waals surface area contributed by atoms with Crippen LogP contribution in [-0.2, 0) is 20.1 Å². The van der Waals surface area contributed by atoms with Crippen LogP contribution in [0.1, 0.15) is 42.5 Å². The van der Waals surface area contributed by atoms with E-state index in [2.05, 4.69) is 63.8 Å². The molecule has 2 aromatic rings. The Labute approximate surface area is 191 Å². The minimum atomic E-state index is 0. The van der Waals surface area contributed by atoms with Crippen molar-refractivity contribution in [1.29, 1.82) is 0 Å². The van der Waals surface area contributed by atoms with E-state index in [9.17, 15) is 0 Å². The number of hydrogen-bond acceptors (Lipinski definition) is 4. The number of likely N-dealkylation sites (tertiary alicyclic amines) is 1. The van der Waals surface area contributed by atoms with Crippen LogP contribution in [0.25, 0.3) is 0 Å². The number of aryl methyl sites for hydroxylation is 2. The van der Waals surface area contributed by atoms with Gasteiger partial charge in [-0.05, 0) is 44.7 Å². The molecule has 29 heavy (non-hydrogen) atoms. The molecule has 0 saturated carbocycles. The molecule has 0 aliphatic carbocycles. The van der Waals surface area contributed by atoms with Crippen LogP contribution in [0.3, 0.4) is 0 Å². The molecule has 160 valence electrons. The average molecular weight is 511 g/mol. The molecule has 2 N–H and O–H groups in total. The number of nitrogens with zero attached hydrogens (tertiary/aromatic N) is 5. The number of halogens is 1. The highest BCUT2D eigenvalue weighted by molar-refractivity contribution is 14.0. The minimum absolute atomic E-state index is 0. The third kappa shape index (κ3) is 6.67. The standard InChI is InChI=1S/C21H33N7.HI/c1-5-22-21(23-14-20-26-25-17(3)27(20)4)24-19-10-12-28(13-11-19)15-18-9-7-6-8-16(18)2;/h6-9,19H,5,10-15H2,1-4H3,(H2,22,23,24);1H. The van der Waals surface area contributed by atoms with Crippen molar-refractivity contribution in [2.75, 3.05) is 19.6 Å². The highest BCUT2D eigenvalue weighted by atomic mass is 127. The highest BCUT2D eigenvalue weighted by Crippen LogP contribution is 2.16. The van der Waals surface area contributed by atoms with Gasteiger partial charge in [0.1, 0.15) is 12.4 Å². The second kappa shape index (κ2) is 11.5. The topological polar surface area (TPSA) is 70.4 Å². The largest absolute Gasteiger partial charge is 0.357 e. The van der Waals surface area contributed by atoms with Crippen LogP contribution in [-0.4, -0.2) is 51.3 Å². The normalized spacial score (nSPS) is 15.8. The summed E-state index contributed by atoms with van der Waals surface area (Å²) >= 11 is 0. The quantitative estimate of drug-likeness (QED) is 0.355. The number of aliphatic imine (C=N–C) groups is 1. The van der Waals surface area contributed by atoms with Gasteiger partial charge < -0.3 is 15.2 Å². The third-order valence-electron chi connectivity index (χ3n) is 5.49. The number of hydrogen-bond donors (Lipinski definition) is 2. The summed E-state index contributed by atoms with van der Waals surface area (Å²) in [7, 11) is 1.98. The van der Waals surface area contributed by atoms with E-state index >= 15 is 0 Å². The Bertz CT molecular complexity index is 794. The van der Waals surface area contributed by atoms with Crippen molar-refractivity contribution in [3.8, 4) is 0 Å². The Morgan fingerprint density at radius 3 is 2.52 bits per heavy atom. The molecule has 2 heterocycles. The molecule has 1 fully saturated rings. The van der Waals surface area contributed by atoms with Crippen LogP contribution in [0.4, 0.5) is 0 Å². The van der Waals surface area contributed by atoms with Gasteiger partial charge in [-0.15, -0.1) is 34.2 Å². The first-order valence-corrected chi connectivity index (χ1v) is 10.2. The number of benzene rings is 1. The third-order valence-corrected chi connectivity index (χ3v) is 5.49. The summed E-state index contributed by atoms with van der Waals surface area (Å²) in [4.78, 5) is 7.26. The van der Waals surface area contributed by atoms with Gasteiger partial charge in [0.05, 0.1) is 0 Å².